The van der Waals surface area contributed by atoms with E-state index in [1.165, 1.54) is 0 Å². The van der Waals surface area contributed by atoms with E-state index in [1.54, 1.807) is 0 Å². The van der Waals surface area contributed by atoms with Crippen molar-refractivity contribution in [3.05, 3.63) is 0 Å². The SMILES string of the molecule is Br.Br.Cl.I.[SiH4]. The Hall–Kier alpha value is 2.20. The molecule has 5 heteroatoms. The van der Waals surface area contributed by atoms with Crippen LogP contribution in [0, 0.1) is 0 Å². The summed E-state index contributed by atoms with van der Waals surface area (Å²) in [6, 6.07) is 0. The Morgan fingerprint density at radius 1 is 0.800 bits per heavy atom. The van der Waals surface area contributed by atoms with Crippen molar-refractivity contribution in [1.29, 1.82) is 0 Å². The molecule has 5 heavy (non-hydrogen) atoms. The predicted octanol–water partition coefficient (Wildman–Crippen LogP) is 0.744. The lowest BCUT2D eigenvalue weighted by Gasteiger charge is -0.147. The van der Waals surface area contributed by atoms with Gasteiger partial charge in [-0.15, -0.1) is 70.3 Å². The summed E-state index contributed by atoms with van der Waals surface area (Å²) in [4.78, 5) is 0. The molecule has 0 bridgehead atoms. The monoisotopic (exact) mass is 356 g/mol. The van der Waals surface area contributed by atoms with Crippen LogP contribution in [0.25, 0.3) is 0 Å². The summed E-state index contributed by atoms with van der Waals surface area (Å²) in [5, 5.41) is 0. The van der Waals surface area contributed by atoms with Gasteiger partial charge in [-0.25, -0.2) is 0 Å². The Bertz CT molecular complexity index is 9.61. The summed E-state index contributed by atoms with van der Waals surface area (Å²) in [5.74, 6) is 0. The number of hydrogen-bond acceptors (Lipinski definition) is 0. The Morgan fingerprint density at radius 2 is 0.800 bits per heavy atom. The van der Waals surface area contributed by atoms with Crippen LogP contribution in [0.15, 0.2) is 0 Å². The summed E-state index contributed by atoms with van der Waals surface area (Å²) in [6.07, 6.45) is 0. The van der Waals surface area contributed by atoms with Gasteiger partial charge in [-0.05, 0) is 11.0 Å². The predicted molar refractivity (Wildman–Crippen MR) is 54.6 cm³/mol. The molecule has 0 aromatic rings. The summed E-state index contributed by atoms with van der Waals surface area (Å²) < 4.78 is 0. The quantitative estimate of drug-likeness (QED) is 0.443. The lowest BCUT2D eigenvalue weighted by atomic mass is 28.1. The van der Waals surface area contributed by atoms with E-state index >= 15 is 0 Å². The van der Waals surface area contributed by atoms with Gasteiger partial charge in [-0.1, -0.05) is 0 Å². The molecule has 0 radical (unpaired) electrons. The van der Waals surface area contributed by atoms with E-state index in [9.17, 15) is 0 Å². The van der Waals surface area contributed by atoms with Crippen molar-refractivity contribution in [2.75, 3.05) is 0 Å². The largest absolute Gasteiger partial charge is 0.147 e. The third-order valence-electron chi connectivity index (χ3n) is 0. The molecule has 0 rings (SSSR count). The fraction of sp³-hybridized carbons (Fsp3) is 0. The Balaban J connectivity index is 0. The first kappa shape index (κ1) is 57.3. The first-order chi connectivity index (χ1) is 0. The van der Waals surface area contributed by atoms with Gasteiger partial charge in [0, 0.05) is 0 Å². The van der Waals surface area contributed by atoms with Crippen molar-refractivity contribution in [1.82, 2.24) is 0 Å². The van der Waals surface area contributed by atoms with E-state index in [2.05, 4.69) is 0 Å². The van der Waals surface area contributed by atoms with Crippen LogP contribution in [0.3, 0.4) is 0 Å². The normalized spacial score (nSPS) is 0. The van der Waals surface area contributed by atoms with Crippen LogP contribution in [-0.4, -0.2) is 11.0 Å². The molecule has 0 aliphatic rings. The summed E-state index contributed by atoms with van der Waals surface area (Å²) >= 11 is 0. The Labute approximate surface area is 80.5 Å². The van der Waals surface area contributed by atoms with Crippen molar-refractivity contribution in [2.24, 2.45) is 0 Å². The molecule has 40 valence electrons. The summed E-state index contributed by atoms with van der Waals surface area (Å²) in [7, 11) is 0. The molecule has 0 aliphatic heterocycles. The van der Waals surface area contributed by atoms with Gasteiger partial charge in [0.1, 0.15) is 0 Å². The second kappa shape index (κ2) is 34.7. The lowest BCUT2D eigenvalue weighted by Crippen LogP contribution is -0.381. The number of rotatable bonds is 0. The third-order valence-corrected chi connectivity index (χ3v) is 0. The number of hydrogen-bond donors (Lipinski definition) is 0. The molecule has 0 amide bonds. The van der Waals surface area contributed by atoms with Gasteiger partial charge in [-0.2, -0.15) is 0 Å². The van der Waals surface area contributed by atoms with Gasteiger partial charge < -0.3 is 0 Å². The maximum atomic E-state index is 0. The highest BCUT2D eigenvalue weighted by Crippen LogP contribution is 0.886. The number of halogens is 4. The zero-order valence-corrected chi connectivity index (χ0v) is 8.21. The van der Waals surface area contributed by atoms with Crippen molar-refractivity contribution in [2.45, 2.75) is 0 Å². The van der Waals surface area contributed by atoms with Crippen molar-refractivity contribution in [3.8, 4) is 0 Å². The van der Waals surface area contributed by atoms with E-state index < -0.39 is 0 Å². The average Bonchev–Trinajstić information content (AvgIpc) is 0. The third kappa shape index (κ3) is 22.6. The molecule has 0 fully saturated rings. The second-order valence-corrected chi connectivity index (χ2v) is 0. The Kier molecular flexibility index (Phi) is 397. The molecule has 0 unspecified atom stereocenters. The van der Waals surface area contributed by atoms with Crippen LogP contribution in [0.2, 0.25) is 0 Å². The molecule has 0 atom stereocenters. The topological polar surface area (TPSA) is 0 Å². The van der Waals surface area contributed by atoms with E-state index in [0.717, 1.165) is 0 Å². The smallest absolute Gasteiger partial charge is 0.0149 e. The average molecular weight is 358 g/mol. The first-order valence-electron chi connectivity index (χ1n) is 0. The fourth-order valence-corrected chi connectivity index (χ4v) is 0. The fourth-order valence-electron chi connectivity index (χ4n) is 0. The minimum absolute atomic E-state index is 0. The van der Waals surface area contributed by atoms with Gasteiger partial charge in [0.25, 0.3) is 0 Å². The van der Waals surface area contributed by atoms with Gasteiger partial charge >= 0.3 is 0 Å². The maximum Gasteiger partial charge on any atom is -0.0149 e. The lowest BCUT2D eigenvalue weighted by molar-refractivity contribution is 5.75. The minimum Gasteiger partial charge on any atom is -0.147 e. The van der Waals surface area contributed by atoms with Gasteiger partial charge in [0.15, 0.2) is 0 Å². The first-order valence-corrected chi connectivity index (χ1v) is 0. The molecular formula is H8Br2ClISi. The van der Waals surface area contributed by atoms with Crippen LogP contribution in [0.4, 0.5) is 0 Å². The molecule has 0 spiro atoms. The molecule has 0 aromatic heterocycles. The minimum atomic E-state index is 0. The van der Waals surface area contributed by atoms with Crippen molar-refractivity contribution >= 4 is 81.3 Å². The van der Waals surface area contributed by atoms with E-state index in [-0.39, 0.29) is 81.3 Å². The molecule has 0 saturated heterocycles. The molecule has 0 aliphatic carbocycles. The van der Waals surface area contributed by atoms with Gasteiger partial charge in [0.05, 0.1) is 0 Å². The zero-order chi connectivity index (χ0) is 0. The summed E-state index contributed by atoms with van der Waals surface area (Å²) in [6.45, 7) is 0. The molecule has 0 aromatic carbocycles. The Morgan fingerprint density at radius 3 is 0.800 bits per heavy atom. The molecule has 0 heterocycles. The molecule has 0 nitrogen and oxygen atoms in total. The second-order valence-electron chi connectivity index (χ2n) is 0. The zero-order valence-electron chi connectivity index (χ0n) is 1.63. The molecule has 0 N–H and O–H groups in total. The van der Waals surface area contributed by atoms with E-state index in [1.807, 2.05) is 0 Å². The van der Waals surface area contributed by atoms with E-state index in [0.29, 0.717) is 0 Å². The van der Waals surface area contributed by atoms with Crippen molar-refractivity contribution < 1.29 is 0 Å². The van der Waals surface area contributed by atoms with Crippen LogP contribution in [-0.2, 0) is 0 Å². The molecular weight excluding hydrogens is 350 g/mol. The van der Waals surface area contributed by atoms with Crippen molar-refractivity contribution in [3.63, 3.8) is 0 Å². The highest BCUT2D eigenvalue weighted by atomic mass is 127. The van der Waals surface area contributed by atoms with Crippen LogP contribution in [0.5, 0.6) is 0 Å². The van der Waals surface area contributed by atoms with Gasteiger partial charge in [0.2, 0.25) is 0 Å². The highest BCUT2D eigenvalue weighted by Gasteiger charge is -0.0148. The summed E-state index contributed by atoms with van der Waals surface area (Å²) in [5.41, 5.74) is 0. The van der Waals surface area contributed by atoms with Crippen LogP contribution >= 0.6 is 70.3 Å². The van der Waals surface area contributed by atoms with Crippen LogP contribution < -0.4 is 0 Å². The molecule has 0 saturated carbocycles. The van der Waals surface area contributed by atoms with Gasteiger partial charge in [-0.3, -0.25) is 0 Å². The highest BCUT2D eigenvalue weighted by molar-refractivity contribution is 14.0. The standard InChI is InChI=1S/2BrH.ClH.HI.H4Si/h4*1H;1H4. The maximum absolute atomic E-state index is 0. The van der Waals surface area contributed by atoms with E-state index in [4.69, 9.17) is 0 Å². The van der Waals surface area contributed by atoms with Crippen LogP contribution in [0.1, 0.15) is 0 Å².